The van der Waals surface area contributed by atoms with Gasteiger partial charge in [-0.3, -0.25) is 0 Å². The van der Waals surface area contributed by atoms with Crippen LogP contribution in [0.1, 0.15) is 61.8 Å². The van der Waals surface area contributed by atoms with Gasteiger partial charge in [0.25, 0.3) is 0 Å². The van der Waals surface area contributed by atoms with Crippen molar-refractivity contribution in [2.75, 3.05) is 0 Å². The van der Waals surface area contributed by atoms with Crippen LogP contribution in [0.2, 0.25) is 0 Å². The van der Waals surface area contributed by atoms with Crippen molar-refractivity contribution in [3.8, 4) is 0 Å². The lowest BCUT2D eigenvalue weighted by molar-refractivity contribution is -0.0103. The largest absolute Gasteiger partial charge is 0.0733 e. The summed E-state index contributed by atoms with van der Waals surface area (Å²) in [6.07, 6.45) is 1.25. The molecule has 0 nitrogen and oxygen atoms in total. The lowest BCUT2D eigenvalue weighted by Crippen LogP contribution is -2.48. The summed E-state index contributed by atoms with van der Waals surface area (Å²) in [5, 5.41) is 0. The third-order valence-electron chi connectivity index (χ3n) is 5.54. The van der Waals surface area contributed by atoms with Gasteiger partial charge in [0.2, 0.25) is 0 Å². The van der Waals surface area contributed by atoms with Crippen molar-refractivity contribution in [2.24, 2.45) is 16.2 Å². The van der Waals surface area contributed by atoms with E-state index in [0.29, 0.717) is 16.2 Å². The molecule has 0 fully saturated rings. The third kappa shape index (κ3) is 1.26. The quantitative estimate of drug-likeness (QED) is 0.486. The Labute approximate surface area is 89.8 Å². The average molecular weight is 194 g/mol. The van der Waals surface area contributed by atoms with Gasteiger partial charge in [0.1, 0.15) is 0 Å². The van der Waals surface area contributed by atoms with E-state index >= 15 is 0 Å². The van der Waals surface area contributed by atoms with Crippen LogP contribution in [0.25, 0.3) is 0 Å². The first-order valence-corrected chi connectivity index (χ1v) is 5.71. The molecule has 1 rings (SSSR count). The first-order valence-electron chi connectivity index (χ1n) is 5.71. The third-order valence-corrected chi connectivity index (χ3v) is 5.54. The van der Waals surface area contributed by atoms with Crippen molar-refractivity contribution in [1.82, 2.24) is 0 Å². The number of allylic oxidation sites excluding steroid dienone is 2. The minimum atomic E-state index is 0.318. The average Bonchev–Trinajstić information content (AvgIpc) is 1.99. The Bertz CT molecular complexity index is 274. The highest BCUT2D eigenvalue weighted by Crippen LogP contribution is 2.60. The van der Waals surface area contributed by atoms with Gasteiger partial charge in [0.15, 0.2) is 0 Å². The summed E-state index contributed by atoms with van der Waals surface area (Å²) >= 11 is 0. The Hall–Kier alpha value is -0.260. The van der Waals surface area contributed by atoms with Crippen LogP contribution in [0.15, 0.2) is 11.1 Å². The maximum atomic E-state index is 2.42. The number of hydrogen-bond donors (Lipinski definition) is 0. The molecule has 0 bridgehead atoms. The molecule has 14 heavy (non-hydrogen) atoms. The fourth-order valence-electron chi connectivity index (χ4n) is 2.86. The Balaban J connectivity index is 3.36. The molecule has 0 aliphatic heterocycles. The van der Waals surface area contributed by atoms with Gasteiger partial charge >= 0.3 is 0 Å². The zero-order valence-corrected chi connectivity index (χ0v) is 11.2. The minimum absolute atomic E-state index is 0.318. The predicted octanol–water partition coefficient (Wildman–Crippen LogP) is 4.81. The zero-order valence-electron chi connectivity index (χ0n) is 11.2. The number of hydrogen-bond acceptors (Lipinski definition) is 0. The van der Waals surface area contributed by atoms with E-state index in [1.807, 2.05) is 0 Å². The molecule has 0 atom stereocenters. The first-order chi connectivity index (χ1) is 6.04. The van der Waals surface area contributed by atoms with Gasteiger partial charge in [-0.1, -0.05) is 52.7 Å². The second kappa shape index (κ2) is 2.87. The van der Waals surface area contributed by atoms with Crippen LogP contribution in [0.5, 0.6) is 0 Å². The Kier molecular flexibility index (Phi) is 2.42. The molecule has 0 saturated heterocycles. The highest BCUT2D eigenvalue weighted by atomic mass is 14.6. The Morgan fingerprint density at radius 2 is 1.29 bits per heavy atom. The molecule has 0 N–H and O–H groups in total. The summed E-state index contributed by atoms with van der Waals surface area (Å²) in [7, 11) is 0. The van der Waals surface area contributed by atoms with Crippen LogP contribution in [-0.4, -0.2) is 0 Å². The van der Waals surface area contributed by atoms with Gasteiger partial charge in [0, 0.05) is 0 Å². The molecule has 0 aromatic rings. The zero-order chi connectivity index (χ0) is 11.4. The Morgan fingerprint density at radius 1 is 0.857 bits per heavy atom. The molecule has 1 aliphatic carbocycles. The van der Waals surface area contributed by atoms with E-state index < -0.39 is 0 Å². The van der Waals surface area contributed by atoms with E-state index in [-0.39, 0.29) is 0 Å². The van der Waals surface area contributed by atoms with E-state index in [1.165, 1.54) is 6.42 Å². The van der Waals surface area contributed by atoms with Crippen LogP contribution in [0.3, 0.4) is 0 Å². The summed E-state index contributed by atoms with van der Waals surface area (Å²) < 4.78 is 0. The van der Waals surface area contributed by atoms with Crippen LogP contribution >= 0.6 is 0 Å². The highest BCUT2D eigenvalue weighted by Gasteiger charge is 2.51. The maximum Gasteiger partial charge on any atom is -0.00885 e. The molecule has 0 amide bonds. The van der Waals surface area contributed by atoms with Crippen molar-refractivity contribution >= 4 is 0 Å². The smallest absolute Gasteiger partial charge is 0.00885 e. The first kappa shape index (κ1) is 11.8. The van der Waals surface area contributed by atoms with Gasteiger partial charge in [-0.05, 0) is 36.5 Å². The van der Waals surface area contributed by atoms with E-state index in [4.69, 9.17) is 0 Å². The molecule has 82 valence electrons. The minimum Gasteiger partial charge on any atom is -0.0733 e. The molecular formula is C14H26. The van der Waals surface area contributed by atoms with Crippen molar-refractivity contribution in [2.45, 2.75) is 61.8 Å². The van der Waals surface area contributed by atoms with Crippen LogP contribution in [-0.2, 0) is 0 Å². The molecular weight excluding hydrogens is 168 g/mol. The second-order valence-corrected chi connectivity index (χ2v) is 6.72. The van der Waals surface area contributed by atoms with Gasteiger partial charge in [0.05, 0.1) is 0 Å². The van der Waals surface area contributed by atoms with E-state index in [0.717, 1.165) is 0 Å². The van der Waals surface area contributed by atoms with Crippen LogP contribution < -0.4 is 0 Å². The van der Waals surface area contributed by atoms with Crippen molar-refractivity contribution in [1.29, 1.82) is 0 Å². The predicted molar refractivity (Wildman–Crippen MR) is 64.3 cm³/mol. The van der Waals surface area contributed by atoms with Gasteiger partial charge in [-0.15, -0.1) is 0 Å². The fourth-order valence-corrected chi connectivity index (χ4v) is 2.86. The summed E-state index contributed by atoms with van der Waals surface area (Å²) in [6.45, 7) is 19.1. The van der Waals surface area contributed by atoms with E-state index in [1.54, 1.807) is 11.1 Å². The van der Waals surface area contributed by atoms with Crippen LogP contribution in [0, 0.1) is 16.2 Å². The summed E-state index contributed by atoms with van der Waals surface area (Å²) in [5.41, 5.74) is 4.28. The van der Waals surface area contributed by atoms with Crippen molar-refractivity contribution in [3.63, 3.8) is 0 Å². The topological polar surface area (TPSA) is 0 Å². The van der Waals surface area contributed by atoms with Gasteiger partial charge < -0.3 is 0 Å². The molecule has 0 radical (unpaired) electrons. The molecule has 0 aromatic carbocycles. The normalized spacial score (nSPS) is 29.1. The molecule has 0 spiro atoms. The molecule has 0 heterocycles. The standard InChI is InChI=1S/C14H26/c1-10-9-12(3,4)14(7,8)13(5,6)11(10)2/h9H2,1-8H3. The van der Waals surface area contributed by atoms with E-state index in [9.17, 15) is 0 Å². The second-order valence-electron chi connectivity index (χ2n) is 6.72. The maximum absolute atomic E-state index is 2.42. The lowest BCUT2D eigenvalue weighted by atomic mass is 9.48. The summed E-state index contributed by atoms with van der Waals surface area (Å²) in [4.78, 5) is 0. The lowest BCUT2D eigenvalue weighted by Gasteiger charge is -2.57. The molecule has 0 saturated carbocycles. The SMILES string of the molecule is CC1=C(C)C(C)(C)C(C)(C)C(C)(C)C1. The molecule has 1 aliphatic rings. The highest BCUT2D eigenvalue weighted by molar-refractivity contribution is 5.27. The molecule has 0 unspecified atom stereocenters. The van der Waals surface area contributed by atoms with Crippen molar-refractivity contribution < 1.29 is 0 Å². The monoisotopic (exact) mass is 194 g/mol. The van der Waals surface area contributed by atoms with E-state index in [2.05, 4.69) is 55.4 Å². The van der Waals surface area contributed by atoms with Crippen LogP contribution in [0.4, 0.5) is 0 Å². The van der Waals surface area contributed by atoms with Gasteiger partial charge in [-0.25, -0.2) is 0 Å². The fraction of sp³-hybridized carbons (Fsp3) is 0.857. The summed E-state index contributed by atoms with van der Waals surface area (Å²) in [5.74, 6) is 0. The van der Waals surface area contributed by atoms with Crippen molar-refractivity contribution in [3.05, 3.63) is 11.1 Å². The Morgan fingerprint density at radius 3 is 1.71 bits per heavy atom. The number of rotatable bonds is 0. The van der Waals surface area contributed by atoms with Gasteiger partial charge in [-0.2, -0.15) is 0 Å². The molecule has 0 heteroatoms. The molecule has 0 aromatic heterocycles. The summed E-state index contributed by atoms with van der Waals surface area (Å²) in [6, 6.07) is 0.